The Morgan fingerprint density at radius 1 is 1.25 bits per heavy atom. The smallest absolute Gasteiger partial charge is 0.314 e. The molecule has 3 N–H and O–H groups in total. The van der Waals surface area contributed by atoms with E-state index in [1.807, 2.05) is 12.1 Å². The van der Waals surface area contributed by atoms with Crippen LogP contribution in [0.2, 0.25) is 0 Å². The van der Waals surface area contributed by atoms with E-state index < -0.39 is 5.97 Å². The second-order valence-corrected chi connectivity index (χ2v) is 6.93. The third-order valence-electron chi connectivity index (χ3n) is 4.33. The van der Waals surface area contributed by atoms with Crippen LogP contribution in [0.5, 0.6) is 0 Å². The van der Waals surface area contributed by atoms with Crippen molar-refractivity contribution in [1.29, 1.82) is 0 Å². The predicted octanol–water partition coefficient (Wildman–Crippen LogP) is 2.66. The summed E-state index contributed by atoms with van der Waals surface area (Å²) in [5.74, 6) is -0.854. The molecule has 0 atom stereocenters. The highest BCUT2D eigenvalue weighted by Crippen LogP contribution is 2.35. The molecule has 0 aliphatic carbocycles. The molecule has 2 amide bonds. The molecular weight excluding hydrogens is 376 g/mol. The van der Waals surface area contributed by atoms with Gasteiger partial charge in [-0.3, -0.25) is 4.79 Å². The molecule has 0 unspecified atom stereocenters. The summed E-state index contributed by atoms with van der Waals surface area (Å²) in [4.78, 5) is 22.4. The van der Waals surface area contributed by atoms with E-state index in [0.29, 0.717) is 32.7 Å². The first kappa shape index (κ1) is 18.7. The largest absolute Gasteiger partial charge is 0.481 e. The monoisotopic (exact) mass is 398 g/mol. The molecule has 1 aliphatic heterocycles. The number of hydrogen-bond acceptors (Lipinski definition) is 3. The van der Waals surface area contributed by atoms with Crippen LogP contribution in [0.3, 0.4) is 0 Å². The van der Waals surface area contributed by atoms with Crippen LogP contribution >= 0.6 is 15.9 Å². The van der Waals surface area contributed by atoms with Gasteiger partial charge in [0, 0.05) is 42.6 Å². The molecule has 1 aliphatic rings. The fourth-order valence-electron chi connectivity index (χ4n) is 2.90. The topological polar surface area (TPSA) is 87.7 Å². The Morgan fingerprint density at radius 2 is 2.00 bits per heavy atom. The minimum atomic E-state index is -0.854. The van der Waals surface area contributed by atoms with Gasteiger partial charge in [-0.05, 0) is 37.0 Å². The van der Waals surface area contributed by atoms with Gasteiger partial charge < -0.3 is 20.5 Å². The maximum Gasteiger partial charge on any atom is 0.314 e. The molecule has 0 aromatic heterocycles. The molecule has 0 saturated carbocycles. The molecule has 1 saturated heterocycles. The molecule has 2 rings (SSSR count). The lowest BCUT2D eigenvalue weighted by atomic mass is 9.74. The third kappa shape index (κ3) is 5.49. The van der Waals surface area contributed by atoms with E-state index in [1.54, 1.807) is 0 Å². The summed E-state index contributed by atoms with van der Waals surface area (Å²) in [5, 5.41) is 14.2. The number of halogens is 1. The van der Waals surface area contributed by atoms with Gasteiger partial charge in [0.05, 0.1) is 0 Å². The third-order valence-corrected chi connectivity index (χ3v) is 4.82. The summed E-state index contributed by atoms with van der Waals surface area (Å²) in [6, 6.07) is 7.91. The standard InChI is InChI=1S/C17H23BrN2O4/c18-14-4-1-3-13(11-14)17(6-9-24-10-7-17)12-20-16(23)19-8-2-5-15(21)22/h1,3-4,11H,2,5-10,12H2,(H,21,22)(H2,19,20,23). The molecule has 0 radical (unpaired) electrons. The minimum absolute atomic E-state index is 0.0552. The van der Waals surface area contributed by atoms with E-state index in [-0.39, 0.29) is 17.9 Å². The van der Waals surface area contributed by atoms with Crippen LogP contribution in [-0.4, -0.2) is 43.4 Å². The zero-order valence-electron chi connectivity index (χ0n) is 13.5. The Morgan fingerprint density at radius 3 is 2.67 bits per heavy atom. The van der Waals surface area contributed by atoms with E-state index in [0.717, 1.165) is 17.3 Å². The van der Waals surface area contributed by atoms with Gasteiger partial charge in [-0.25, -0.2) is 4.79 Å². The number of amides is 2. The minimum Gasteiger partial charge on any atom is -0.481 e. The van der Waals surface area contributed by atoms with Crippen molar-refractivity contribution in [3.05, 3.63) is 34.3 Å². The van der Waals surface area contributed by atoms with Crippen molar-refractivity contribution in [1.82, 2.24) is 10.6 Å². The maximum atomic E-state index is 12.0. The molecule has 1 fully saturated rings. The van der Waals surface area contributed by atoms with Crippen LogP contribution in [-0.2, 0) is 14.9 Å². The molecule has 1 aromatic rings. The predicted molar refractivity (Wildman–Crippen MR) is 94.1 cm³/mol. The quantitative estimate of drug-likeness (QED) is 0.616. The van der Waals surface area contributed by atoms with Crippen molar-refractivity contribution in [2.45, 2.75) is 31.1 Å². The zero-order valence-corrected chi connectivity index (χ0v) is 15.1. The number of hydrogen-bond donors (Lipinski definition) is 3. The highest BCUT2D eigenvalue weighted by Gasteiger charge is 2.34. The number of carbonyl (C=O) groups is 2. The molecule has 6 nitrogen and oxygen atoms in total. The molecule has 24 heavy (non-hydrogen) atoms. The molecule has 132 valence electrons. The van der Waals surface area contributed by atoms with Crippen molar-refractivity contribution < 1.29 is 19.4 Å². The van der Waals surface area contributed by atoms with Crippen LogP contribution < -0.4 is 10.6 Å². The van der Waals surface area contributed by atoms with Crippen molar-refractivity contribution in [2.75, 3.05) is 26.3 Å². The Kier molecular flexibility index (Phi) is 7.05. The Bertz CT molecular complexity index is 573. The first-order valence-corrected chi connectivity index (χ1v) is 8.88. The second-order valence-electron chi connectivity index (χ2n) is 6.01. The fraction of sp³-hybridized carbons (Fsp3) is 0.529. The second kappa shape index (κ2) is 9.03. The summed E-state index contributed by atoms with van der Waals surface area (Å²) in [7, 11) is 0. The summed E-state index contributed by atoms with van der Waals surface area (Å²) >= 11 is 3.51. The highest BCUT2D eigenvalue weighted by molar-refractivity contribution is 9.10. The zero-order chi connectivity index (χ0) is 17.4. The average Bonchev–Trinajstić information content (AvgIpc) is 2.57. The summed E-state index contributed by atoms with van der Waals surface area (Å²) in [5.41, 5.74) is 1.05. The number of carboxylic acids is 1. The van der Waals surface area contributed by atoms with Crippen molar-refractivity contribution in [2.24, 2.45) is 0 Å². The van der Waals surface area contributed by atoms with Gasteiger partial charge >= 0.3 is 12.0 Å². The molecular formula is C17H23BrN2O4. The lowest BCUT2D eigenvalue weighted by Gasteiger charge is -2.38. The van der Waals surface area contributed by atoms with E-state index >= 15 is 0 Å². The maximum absolute atomic E-state index is 12.0. The van der Waals surface area contributed by atoms with E-state index in [2.05, 4.69) is 38.7 Å². The van der Waals surface area contributed by atoms with Crippen molar-refractivity contribution in [3.8, 4) is 0 Å². The van der Waals surface area contributed by atoms with Gasteiger partial charge in [-0.2, -0.15) is 0 Å². The van der Waals surface area contributed by atoms with Gasteiger partial charge in [0.1, 0.15) is 0 Å². The number of rotatable bonds is 7. The molecule has 0 bridgehead atoms. The van der Waals surface area contributed by atoms with Gasteiger partial charge in [0.15, 0.2) is 0 Å². The number of ether oxygens (including phenoxy) is 1. The van der Waals surface area contributed by atoms with Gasteiger partial charge in [0.2, 0.25) is 0 Å². The number of benzene rings is 1. The van der Waals surface area contributed by atoms with Crippen LogP contribution in [0.4, 0.5) is 4.79 Å². The van der Waals surface area contributed by atoms with Crippen LogP contribution in [0.15, 0.2) is 28.7 Å². The summed E-state index contributed by atoms with van der Waals surface area (Å²) in [6.07, 6.45) is 2.18. The normalized spacial score (nSPS) is 16.4. The van der Waals surface area contributed by atoms with Crippen LogP contribution in [0, 0.1) is 0 Å². The molecule has 0 spiro atoms. The lowest BCUT2D eigenvalue weighted by molar-refractivity contribution is -0.137. The highest BCUT2D eigenvalue weighted by atomic mass is 79.9. The first-order chi connectivity index (χ1) is 11.5. The van der Waals surface area contributed by atoms with Crippen LogP contribution in [0.25, 0.3) is 0 Å². The van der Waals surface area contributed by atoms with Crippen molar-refractivity contribution >= 4 is 27.9 Å². The molecule has 1 heterocycles. The number of urea groups is 1. The average molecular weight is 399 g/mol. The van der Waals surface area contributed by atoms with E-state index in [1.165, 1.54) is 5.56 Å². The SMILES string of the molecule is O=C(O)CCCNC(=O)NCC1(c2cccc(Br)c2)CCOCC1. The van der Waals surface area contributed by atoms with Gasteiger partial charge in [0.25, 0.3) is 0 Å². The molecule has 1 aromatic carbocycles. The van der Waals surface area contributed by atoms with Gasteiger partial charge in [-0.15, -0.1) is 0 Å². The van der Waals surface area contributed by atoms with Crippen LogP contribution in [0.1, 0.15) is 31.2 Å². The Hall–Kier alpha value is -1.60. The number of aliphatic carboxylic acids is 1. The van der Waals surface area contributed by atoms with Gasteiger partial charge in [-0.1, -0.05) is 28.1 Å². The lowest BCUT2D eigenvalue weighted by Crippen LogP contribution is -2.47. The number of carboxylic acid groups (broad SMARTS) is 1. The van der Waals surface area contributed by atoms with E-state index in [9.17, 15) is 9.59 Å². The summed E-state index contributed by atoms with van der Waals surface area (Å²) < 4.78 is 6.51. The summed E-state index contributed by atoms with van der Waals surface area (Å²) in [6.45, 7) is 2.23. The molecule has 7 heteroatoms. The Balaban J connectivity index is 1.92. The first-order valence-electron chi connectivity index (χ1n) is 8.09. The number of carbonyl (C=O) groups excluding carboxylic acids is 1. The number of nitrogens with one attached hydrogen (secondary N) is 2. The van der Waals surface area contributed by atoms with E-state index in [4.69, 9.17) is 9.84 Å². The Labute approximate surface area is 150 Å². The van der Waals surface area contributed by atoms with Crippen molar-refractivity contribution in [3.63, 3.8) is 0 Å². The fourth-order valence-corrected chi connectivity index (χ4v) is 3.30.